The first-order valence-electron chi connectivity index (χ1n) is 10.5. The zero-order valence-electron chi connectivity index (χ0n) is 19.8. The van der Waals surface area contributed by atoms with Gasteiger partial charge < -0.3 is 24.0 Å². The monoisotopic (exact) mass is 581 g/mol. The maximum absolute atomic E-state index is 13.0. The minimum atomic E-state index is -1.62. The molecule has 0 spiro atoms. The SMILES string of the molecule is CN(C)c1ccc(C(=O)Oc2ccc(-c3cc(=S)ss3)cc2)c(OC(=O)CC(CO[N+](=O)[O-])O[N+](=O)[O-])c1. The molecule has 0 amide bonds. The molecular formula is C22H19N3O10S3. The summed E-state index contributed by atoms with van der Waals surface area (Å²) >= 11 is 5.15. The Labute approximate surface area is 227 Å². The second kappa shape index (κ2) is 12.9. The van der Waals surface area contributed by atoms with Crippen LogP contribution in [0, 0.1) is 24.1 Å². The number of benzene rings is 2. The van der Waals surface area contributed by atoms with Crippen molar-refractivity contribution in [3.63, 3.8) is 0 Å². The summed E-state index contributed by atoms with van der Waals surface area (Å²) in [4.78, 5) is 57.6. The standard InChI is InChI=1S/C22H19N3O10S3/c1-23(2)14-5-8-17(18(9-14)34-20(26)10-16(35-25(30)31)12-32-24(28)29)22(27)33-15-6-3-13(4-7-15)19-11-21(36)38-37-19/h3-9,11,16H,10,12H2,1-2H3. The van der Waals surface area contributed by atoms with E-state index in [1.165, 1.54) is 32.8 Å². The van der Waals surface area contributed by atoms with Crippen LogP contribution in [0.2, 0.25) is 0 Å². The average Bonchev–Trinajstić information content (AvgIpc) is 3.28. The third kappa shape index (κ3) is 8.19. The summed E-state index contributed by atoms with van der Waals surface area (Å²) in [6, 6.07) is 13.0. The topological polar surface area (TPSA) is 161 Å². The molecule has 3 aromatic rings. The van der Waals surface area contributed by atoms with E-state index in [4.69, 9.17) is 21.7 Å². The Kier molecular flexibility index (Phi) is 9.64. The molecule has 0 radical (unpaired) electrons. The van der Waals surface area contributed by atoms with Gasteiger partial charge in [-0.2, -0.15) is 0 Å². The van der Waals surface area contributed by atoms with Crippen molar-refractivity contribution in [3.05, 3.63) is 78.1 Å². The highest BCUT2D eigenvalue weighted by atomic mass is 32.9. The number of hydrogen-bond acceptors (Lipinski definition) is 14. The summed E-state index contributed by atoms with van der Waals surface area (Å²) in [5.74, 6) is -1.83. The highest BCUT2D eigenvalue weighted by Gasteiger charge is 2.24. The fourth-order valence-electron chi connectivity index (χ4n) is 3.01. The maximum Gasteiger partial charge on any atom is 0.347 e. The molecule has 1 unspecified atom stereocenters. The second-order valence-corrected chi connectivity index (χ2v) is 10.5. The maximum atomic E-state index is 13.0. The summed E-state index contributed by atoms with van der Waals surface area (Å²) in [7, 11) is 6.46. The van der Waals surface area contributed by atoms with Gasteiger partial charge in [-0.3, -0.25) is 4.79 Å². The summed E-state index contributed by atoms with van der Waals surface area (Å²) < 4.78 is 11.5. The van der Waals surface area contributed by atoms with Gasteiger partial charge in [0.25, 0.3) is 10.2 Å². The lowest BCUT2D eigenvalue weighted by Gasteiger charge is -2.17. The zero-order chi connectivity index (χ0) is 27.8. The normalized spacial score (nSPS) is 11.2. The lowest BCUT2D eigenvalue weighted by atomic mass is 10.1. The van der Waals surface area contributed by atoms with Crippen LogP contribution in [0.15, 0.2) is 48.5 Å². The number of anilines is 1. The molecule has 200 valence electrons. The lowest BCUT2D eigenvalue weighted by Crippen LogP contribution is -2.29. The van der Waals surface area contributed by atoms with Gasteiger partial charge in [-0.25, -0.2) is 4.79 Å². The van der Waals surface area contributed by atoms with E-state index in [2.05, 4.69) is 9.68 Å². The van der Waals surface area contributed by atoms with Crippen molar-refractivity contribution in [3.8, 4) is 21.9 Å². The average molecular weight is 582 g/mol. The third-order valence-corrected chi connectivity index (χ3v) is 7.64. The smallest absolute Gasteiger partial charge is 0.347 e. The summed E-state index contributed by atoms with van der Waals surface area (Å²) in [5, 5.41) is 18.7. The van der Waals surface area contributed by atoms with Crippen LogP contribution in [-0.2, 0) is 14.5 Å². The Hall–Kier alpha value is -4.15. The van der Waals surface area contributed by atoms with Gasteiger partial charge in [0.05, 0.1) is 6.42 Å². The molecule has 2 aromatic carbocycles. The van der Waals surface area contributed by atoms with Crippen LogP contribution < -0.4 is 14.4 Å². The van der Waals surface area contributed by atoms with Gasteiger partial charge in [0, 0.05) is 30.7 Å². The van der Waals surface area contributed by atoms with Crippen LogP contribution in [-0.4, -0.2) is 48.9 Å². The van der Waals surface area contributed by atoms with Gasteiger partial charge in [0.2, 0.25) is 0 Å². The summed E-state index contributed by atoms with van der Waals surface area (Å²) in [5.41, 5.74) is 1.37. The Balaban J connectivity index is 1.77. The summed E-state index contributed by atoms with van der Waals surface area (Å²) in [6.45, 7) is -0.883. The molecule has 0 aliphatic rings. The molecule has 0 aliphatic carbocycles. The van der Waals surface area contributed by atoms with Crippen molar-refractivity contribution in [2.45, 2.75) is 12.5 Å². The molecule has 1 heterocycles. The van der Waals surface area contributed by atoms with E-state index < -0.39 is 41.2 Å². The number of carbonyl (C=O) groups is 2. The van der Waals surface area contributed by atoms with Gasteiger partial charge >= 0.3 is 11.9 Å². The van der Waals surface area contributed by atoms with Crippen molar-refractivity contribution in [2.24, 2.45) is 0 Å². The van der Waals surface area contributed by atoms with Crippen molar-refractivity contribution in [1.29, 1.82) is 0 Å². The van der Waals surface area contributed by atoms with Crippen LogP contribution in [0.3, 0.4) is 0 Å². The molecule has 0 aliphatic heterocycles. The van der Waals surface area contributed by atoms with Crippen LogP contribution in [0.4, 0.5) is 5.69 Å². The zero-order valence-corrected chi connectivity index (χ0v) is 22.2. The Morgan fingerprint density at radius 3 is 2.29 bits per heavy atom. The number of ether oxygens (including phenoxy) is 2. The van der Waals surface area contributed by atoms with Crippen LogP contribution in [0.5, 0.6) is 11.5 Å². The Morgan fingerprint density at radius 2 is 1.71 bits per heavy atom. The van der Waals surface area contributed by atoms with Crippen molar-refractivity contribution < 1.29 is 38.9 Å². The fraction of sp³-hybridized carbons (Fsp3) is 0.227. The quantitative estimate of drug-likeness (QED) is 0.0733. The fourth-order valence-corrected chi connectivity index (χ4v) is 5.41. The number of hydrogen-bond donors (Lipinski definition) is 0. The highest BCUT2D eigenvalue weighted by molar-refractivity contribution is 7.80. The molecule has 13 nitrogen and oxygen atoms in total. The largest absolute Gasteiger partial charge is 0.425 e. The number of nitrogens with zero attached hydrogens (tertiary/aromatic N) is 3. The van der Waals surface area contributed by atoms with E-state index in [1.807, 2.05) is 6.07 Å². The predicted molar refractivity (Wildman–Crippen MR) is 139 cm³/mol. The first-order chi connectivity index (χ1) is 18.0. The molecule has 3 rings (SSSR count). The number of carbonyl (C=O) groups excluding carboxylic acids is 2. The van der Waals surface area contributed by atoms with E-state index in [0.29, 0.717) is 5.69 Å². The minimum absolute atomic E-state index is 0.0999. The molecule has 0 bridgehead atoms. The lowest BCUT2D eigenvalue weighted by molar-refractivity contribution is -0.789. The number of rotatable bonds is 12. The molecular weight excluding hydrogens is 562 g/mol. The molecule has 0 saturated heterocycles. The predicted octanol–water partition coefficient (Wildman–Crippen LogP) is 4.57. The van der Waals surface area contributed by atoms with Gasteiger partial charge in [0.15, 0.2) is 0 Å². The van der Waals surface area contributed by atoms with Gasteiger partial charge in [-0.05, 0) is 48.0 Å². The van der Waals surface area contributed by atoms with Crippen molar-refractivity contribution in [1.82, 2.24) is 0 Å². The van der Waals surface area contributed by atoms with E-state index in [0.717, 1.165) is 14.3 Å². The first-order valence-corrected chi connectivity index (χ1v) is 13.1. The Morgan fingerprint density at radius 1 is 1.00 bits per heavy atom. The highest BCUT2D eigenvalue weighted by Crippen LogP contribution is 2.31. The second-order valence-electron chi connectivity index (χ2n) is 7.63. The van der Waals surface area contributed by atoms with E-state index in [9.17, 15) is 29.8 Å². The van der Waals surface area contributed by atoms with Gasteiger partial charge in [-0.15, -0.1) is 20.2 Å². The van der Waals surface area contributed by atoms with Crippen LogP contribution in [0.1, 0.15) is 16.8 Å². The van der Waals surface area contributed by atoms with Crippen molar-refractivity contribution in [2.75, 3.05) is 25.6 Å². The molecule has 38 heavy (non-hydrogen) atoms. The minimum Gasteiger partial charge on any atom is -0.425 e. The molecule has 0 N–H and O–H groups in total. The molecule has 0 fully saturated rings. The summed E-state index contributed by atoms with van der Waals surface area (Å²) in [6.07, 6.45) is -2.39. The van der Waals surface area contributed by atoms with E-state index in [1.54, 1.807) is 49.3 Å². The van der Waals surface area contributed by atoms with E-state index in [-0.39, 0.29) is 17.1 Å². The Bertz CT molecular complexity index is 1390. The molecule has 16 heteroatoms. The van der Waals surface area contributed by atoms with Gasteiger partial charge in [-0.1, -0.05) is 32.9 Å². The van der Waals surface area contributed by atoms with Gasteiger partial charge in [0.1, 0.15) is 33.6 Å². The first kappa shape index (κ1) is 28.4. The third-order valence-electron chi connectivity index (χ3n) is 4.73. The van der Waals surface area contributed by atoms with Crippen LogP contribution in [0.25, 0.3) is 10.4 Å². The molecule has 1 atom stereocenters. The molecule has 0 saturated carbocycles. The molecule has 1 aromatic heterocycles. The van der Waals surface area contributed by atoms with Crippen LogP contribution >= 0.6 is 32.9 Å². The number of esters is 2. The van der Waals surface area contributed by atoms with Crippen molar-refractivity contribution >= 4 is 50.5 Å². The van der Waals surface area contributed by atoms with E-state index >= 15 is 0 Å².